The Morgan fingerprint density at radius 1 is 1.10 bits per heavy atom. The summed E-state index contributed by atoms with van der Waals surface area (Å²) in [4.78, 5) is 16.5. The van der Waals surface area contributed by atoms with Crippen LogP contribution in [-0.2, 0) is 14.8 Å². The SMILES string of the molecule is CCC(=O)C(=N)CC(C)c1ccc(N(C(C)C)S(=O)(=O)c2ccccc2)c(C)n1. The molecule has 7 heteroatoms. The van der Waals surface area contributed by atoms with Crippen molar-refractivity contribution in [1.29, 1.82) is 5.41 Å². The van der Waals surface area contributed by atoms with E-state index in [9.17, 15) is 13.2 Å². The van der Waals surface area contributed by atoms with Crippen LogP contribution in [0.4, 0.5) is 5.69 Å². The topological polar surface area (TPSA) is 91.2 Å². The summed E-state index contributed by atoms with van der Waals surface area (Å²) in [5.41, 5.74) is 1.95. The van der Waals surface area contributed by atoms with Crippen LogP contribution in [-0.4, -0.2) is 30.9 Å². The fourth-order valence-corrected chi connectivity index (χ4v) is 4.94. The molecule has 1 unspecified atom stereocenters. The van der Waals surface area contributed by atoms with Crippen LogP contribution in [0.3, 0.4) is 0 Å². The van der Waals surface area contributed by atoms with Crippen LogP contribution >= 0.6 is 0 Å². The summed E-state index contributed by atoms with van der Waals surface area (Å²) >= 11 is 0. The van der Waals surface area contributed by atoms with Gasteiger partial charge in [0, 0.05) is 30.5 Å². The van der Waals surface area contributed by atoms with E-state index in [1.807, 2.05) is 20.8 Å². The van der Waals surface area contributed by atoms with Crippen molar-refractivity contribution in [2.75, 3.05) is 4.31 Å². The number of carbonyl (C=O) groups excluding carboxylic acids is 1. The van der Waals surface area contributed by atoms with Crippen LogP contribution in [0.1, 0.15) is 57.8 Å². The number of sulfonamides is 1. The molecule has 0 aliphatic carbocycles. The van der Waals surface area contributed by atoms with Gasteiger partial charge >= 0.3 is 0 Å². The maximum Gasteiger partial charge on any atom is 0.264 e. The molecule has 156 valence electrons. The van der Waals surface area contributed by atoms with Gasteiger partial charge < -0.3 is 5.41 Å². The number of aromatic nitrogens is 1. The van der Waals surface area contributed by atoms with E-state index in [1.165, 1.54) is 4.31 Å². The number of aryl methyl sites for hydroxylation is 1. The number of Topliss-reactive ketones (excluding diaryl/α,β-unsaturated/α-hetero) is 1. The molecule has 0 saturated heterocycles. The van der Waals surface area contributed by atoms with Gasteiger partial charge in [-0.15, -0.1) is 0 Å². The molecule has 6 nitrogen and oxygen atoms in total. The summed E-state index contributed by atoms with van der Waals surface area (Å²) in [6, 6.07) is 11.6. The first-order chi connectivity index (χ1) is 13.6. The van der Waals surface area contributed by atoms with Crippen LogP contribution in [0.2, 0.25) is 0 Å². The second-order valence-electron chi connectivity index (χ2n) is 7.41. The minimum Gasteiger partial charge on any atom is -0.302 e. The van der Waals surface area contributed by atoms with Crippen molar-refractivity contribution in [2.24, 2.45) is 0 Å². The number of rotatable bonds is 9. The predicted molar refractivity (Wildman–Crippen MR) is 116 cm³/mol. The molecule has 0 spiro atoms. The van der Waals surface area contributed by atoms with Gasteiger partial charge in [-0.2, -0.15) is 0 Å². The molecule has 1 aromatic heterocycles. The van der Waals surface area contributed by atoms with Crippen LogP contribution in [0.5, 0.6) is 0 Å². The average Bonchev–Trinajstić information content (AvgIpc) is 2.68. The van der Waals surface area contributed by atoms with Crippen molar-refractivity contribution in [3.05, 3.63) is 53.9 Å². The fourth-order valence-electron chi connectivity index (χ4n) is 3.21. The van der Waals surface area contributed by atoms with E-state index in [0.717, 1.165) is 5.69 Å². The number of nitrogens with zero attached hydrogens (tertiary/aromatic N) is 2. The van der Waals surface area contributed by atoms with Gasteiger partial charge in [-0.05, 0) is 45.0 Å². The number of carbonyl (C=O) groups is 1. The van der Waals surface area contributed by atoms with Crippen molar-refractivity contribution < 1.29 is 13.2 Å². The second kappa shape index (κ2) is 9.31. The molecule has 0 aliphatic rings. The molecule has 2 aromatic rings. The van der Waals surface area contributed by atoms with Crippen molar-refractivity contribution in [3.63, 3.8) is 0 Å². The highest BCUT2D eigenvalue weighted by atomic mass is 32.2. The molecule has 0 radical (unpaired) electrons. The van der Waals surface area contributed by atoms with E-state index in [4.69, 9.17) is 5.41 Å². The van der Waals surface area contributed by atoms with E-state index in [-0.39, 0.29) is 28.4 Å². The Kier molecular flexibility index (Phi) is 7.30. The van der Waals surface area contributed by atoms with Crippen LogP contribution in [0.25, 0.3) is 0 Å². The lowest BCUT2D eigenvalue weighted by Gasteiger charge is -2.29. The molecule has 0 aliphatic heterocycles. The first-order valence-corrected chi connectivity index (χ1v) is 11.2. The summed E-state index contributed by atoms with van der Waals surface area (Å²) in [7, 11) is -3.73. The van der Waals surface area contributed by atoms with Crippen LogP contribution < -0.4 is 4.31 Å². The number of hydrogen-bond donors (Lipinski definition) is 1. The summed E-state index contributed by atoms with van der Waals surface area (Å²) < 4.78 is 27.9. The third kappa shape index (κ3) is 5.09. The minimum absolute atomic E-state index is 0.0963. The van der Waals surface area contributed by atoms with E-state index < -0.39 is 10.0 Å². The molecule has 0 saturated carbocycles. The number of nitrogens with one attached hydrogen (secondary N) is 1. The first-order valence-electron chi connectivity index (χ1n) is 9.77. The van der Waals surface area contributed by atoms with Gasteiger partial charge in [0.2, 0.25) is 0 Å². The van der Waals surface area contributed by atoms with Gasteiger partial charge in [0.1, 0.15) is 0 Å². The maximum atomic E-state index is 13.2. The highest BCUT2D eigenvalue weighted by Gasteiger charge is 2.29. The summed E-state index contributed by atoms with van der Waals surface area (Å²) in [6.45, 7) is 9.10. The van der Waals surface area contributed by atoms with Crippen molar-refractivity contribution >= 4 is 27.2 Å². The monoisotopic (exact) mass is 415 g/mol. The van der Waals surface area contributed by atoms with Crippen LogP contribution in [0, 0.1) is 12.3 Å². The Hall–Kier alpha value is -2.54. The molecule has 1 N–H and O–H groups in total. The van der Waals surface area contributed by atoms with Gasteiger partial charge in [-0.25, -0.2) is 8.42 Å². The van der Waals surface area contributed by atoms with Crippen molar-refractivity contribution in [2.45, 2.75) is 64.3 Å². The number of anilines is 1. The van der Waals surface area contributed by atoms with Crippen LogP contribution in [0.15, 0.2) is 47.4 Å². The van der Waals surface area contributed by atoms with Crippen molar-refractivity contribution in [1.82, 2.24) is 4.98 Å². The fraction of sp³-hybridized carbons (Fsp3) is 0.409. The zero-order valence-corrected chi connectivity index (χ0v) is 18.5. The van der Waals surface area contributed by atoms with Gasteiger partial charge in [0.25, 0.3) is 10.0 Å². The highest BCUT2D eigenvalue weighted by Crippen LogP contribution is 2.30. The predicted octanol–water partition coefficient (Wildman–Crippen LogP) is 4.49. The summed E-state index contributed by atoms with van der Waals surface area (Å²) in [5, 5.41) is 7.91. The quantitative estimate of drug-likeness (QED) is 0.611. The number of benzene rings is 1. The molecule has 0 fully saturated rings. The number of ketones is 1. The molecular weight excluding hydrogens is 386 g/mol. The zero-order chi connectivity index (χ0) is 21.8. The maximum absolute atomic E-state index is 13.2. The molecule has 29 heavy (non-hydrogen) atoms. The van der Waals surface area contributed by atoms with E-state index in [1.54, 1.807) is 56.3 Å². The first kappa shape index (κ1) is 22.7. The Labute approximate surface area is 173 Å². The standard InChI is InChI=1S/C22H29N3O3S/c1-6-22(26)19(23)14-16(4)20-12-13-21(17(5)24-20)25(15(2)3)29(27,28)18-10-8-7-9-11-18/h7-13,15-16,23H,6,14H2,1-5H3. The van der Waals surface area contributed by atoms with Gasteiger partial charge in [-0.1, -0.05) is 32.0 Å². The Balaban J connectivity index is 2.38. The molecule has 2 rings (SSSR count). The van der Waals surface area contributed by atoms with Gasteiger partial charge in [0.05, 0.1) is 22.0 Å². The number of pyridine rings is 1. The van der Waals surface area contributed by atoms with Gasteiger partial charge in [-0.3, -0.25) is 14.1 Å². The molecule has 0 bridgehead atoms. The lowest BCUT2D eigenvalue weighted by atomic mass is 9.97. The normalized spacial score (nSPS) is 12.6. The molecule has 0 amide bonds. The van der Waals surface area contributed by atoms with E-state index in [2.05, 4.69) is 4.98 Å². The Morgan fingerprint density at radius 2 is 1.72 bits per heavy atom. The molecule has 1 aromatic carbocycles. The Morgan fingerprint density at radius 3 is 2.24 bits per heavy atom. The lowest BCUT2D eigenvalue weighted by Crippen LogP contribution is -2.37. The Bertz CT molecular complexity index is 986. The largest absolute Gasteiger partial charge is 0.302 e. The molecule has 1 heterocycles. The summed E-state index contributed by atoms with van der Waals surface area (Å²) in [6.07, 6.45) is 0.631. The highest BCUT2D eigenvalue weighted by molar-refractivity contribution is 7.92. The number of hydrogen-bond acceptors (Lipinski definition) is 5. The van der Waals surface area contributed by atoms with E-state index in [0.29, 0.717) is 24.2 Å². The summed E-state index contributed by atoms with van der Waals surface area (Å²) in [5.74, 6) is -0.269. The minimum atomic E-state index is -3.73. The zero-order valence-electron chi connectivity index (χ0n) is 17.6. The molecular formula is C22H29N3O3S. The van der Waals surface area contributed by atoms with Crippen molar-refractivity contribution in [3.8, 4) is 0 Å². The van der Waals surface area contributed by atoms with E-state index >= 15 is 0 Å². The smallest absolute Gasteiger partial charge is 0.264 e. The third-order valence-electron chi connectivity index (χ3n) is 4.76. The second-order valence-corrected chi connectivity index (χ2v) is 9.22. The average molecular weight is 416 g/mol. The van der Waals surface area contributed by atoms with Gasteiger partial charge in [0.15, 0.2) is 5.78 Å². The lowest BCUT2D eigenvalue weighted by molar-refractivity contribution is -0.112. The third-order valence-corrected chi connectivity index (χ3v) is 6.76. The molecule has 1 atom stereocenters.